The van der Waals surface area contributed by atoms with Gasteiger partial charge in [0.05, 0.1) is 33.3 Å². The van der Waals surface area contributed by atoms with Crippen molar-refractivity contribution in [3.05, 3.63) is 54.1 Å². The minimum atomic E-state index is -0.00539. The molecule has 0 aliphatic carbocycles. The number of carbonyl (C=O) groups excluding carboxylic acids is 1. The van der Waals surface area contributed by atoms with Crippen molar-refractivity contribution >= 4 is 17.3 Å². The normalized spacial score (nSPS) is 18.3. The molecule has 2 aromatic carbocycles. The third-order valence-corrected chi connectivity index (χ3v) is 5.98. The molecule has 5 heteroatoms. The Balaban J connectivity index is 1.37. The Labute approximate surface area is 161 Å². The van der Waals surface area contributed by atoms with Crippen molar-refractivity contribution in [2.24, 2.45) is 0 Å². The molecule has 4 rings (SSSR count). The summed E-state index contributed by atoms with van der Waals surface area (Å²) in [6.45, 7) is 6.80. The molecule has 142 valence electrons. The summed E-state index contributed by atoms with van der Waals surface area (Å²) in [5, 5.41) is 0. The fraction of sp³-hybridized carbons (Fsp3) is 0.409. The summed E-state index contributed by atoms with van der Waals surface area (Å²) in [5.41, 5.74) is 3.62. The Morgan fingerprint density at radius 3 is 2.44 bits per heavy atom. The number of fused-ring (bicyclic) bond motifs is 1. The summed E-state index contributed by atoms with van der Waals surface area (Å²) in [5.74, 6) is 1.14. The van der Waals surface area contributed by atoms with Gasteiger partial charge in [0, 0.05) is 17.9 Å². The molecule has 1 N–H and O–H groups in total. The molecule has 2 aromatic rings. The molecule has 1 saturated heterocycles. The Bertz CT molecular complexity index is 797. The standard InChI is InChI=1S/C22H27N3O2/c1-17(22(26)25-12-11-18-5-3-4-6-21(18)25)23-13-15-24(16-14-23)19-7-9-20(27-2)10-8-19/h3-10,17H,11-16H2,1-2H3/p+1/t17-/m0/s1. The van der Waals surface area contributed by atoms with Crippen LogP contribution < -0.4 is 19.4 Å². The number of anilines is 2. The van der Waals surface area contributed by atoms with Crippen molar-refractivity contribution in [1.82, 2.24) is 0 Å². The molecule has 0 radical (unpaired) electrons. The number of piperazine rings is 1. The fourth-order valence-electron chi connectivity index (χ4n) is 4.25. The number of amides is 1. The molecule has 2 aliphatic rings. The van der Waals surface area contributed by atoms with E-state index in [0.29, 0.717) is 0 Å². The van der Waals surface area contributed by atoms with Gasteiger partial charge in [0.1, 0.15) is 5.75 Å². The Hall–Kier alpha value is -2.53. The van der Waals surface area contributed by atoms with Crippen LogP contribution >= 0.6 is 0 Å². The molecule has 0 aromatic heterocycles. The van der Waals surface area contributed by atoms with E-state index < -0.39 is 0 Å². The first-order valence-electron chi connectivity index (χ1n) is 9.80. The lowest BCUT2D eigenvalue weighted by Crippen LogP contribution is -3.19. The second-order valence-corrected chi connectivity index (χ2v) is 7.43. The number of hydrogen-bond acceptors (Lipinski definition) is 3. The molecule has 1 amide bonds. The Kier molecular flexibility index (Phi) is 5.03. The van der Waals surface area contributed by atoms with Gasteiger partial charge in [-0.1, -0.05) is 18.2 Å². The molecular weight excluding hydrogens is 338 g/mol. The molecule has 1 atom stereocenters. The van der Waals surface area contributed by atoms with Crippen molar-refractivity contribution in [2.75, 3.05) is 49.6 Å². The number of quaternary nitrogens is 1. The lowest BCUT2D eigenvalue weighted by molar-refractivity contribution is -0.914. The summed E-state index contributed by atoms with van der Waals surface area (Å²) >= 11 is 0. The zero-order valence-electron chi connectivity index (χ0n) is 16.1. The summed E-state index contributed by atoms with van der Waals surface area (Å²) in [7, 11) is 1.69. The first-order valence-corrected chi connectivity index (χ1v) is 9.80. The number of hydrogen-bond donors (Lipinski definition) is 1. The monoisotopic (exact) mass is 366 g/mol. The van der Waals surface area contributed by atoms with Crippen LogP contribution in [-0.2, 0) is 11.2 Å². The minimum Gasteiger partial charge on any atom is -0.497 e. The van der Waals surface area contributed by atoms with Crippen molar-refractivity contribution in [3.63, 3.8) is 0 Å². The van der Waals surface area contributed by atoms with Crippen molar-refractivity contribution in [3.8, 4) is 5.75 Å². The summed E-state index contributed by atoms with van der Waals surface area (Å²) in [6.07, 6.45) is 0.967. The van der Waals surface area contributed by atoms with Gasteiger partial charge in [-0.2, -0.15) is 0 Å². The smallest absolute Gasteiger partial charge is 0.284 e. The molecule has 2 heterocycles. The van der Waals surface area contributed by atoms with Crippen LogP contribution in [0.5, 0.6) is 5.75 Å². The third kappa shape index (κ3) is 3.52. The minimum absolute atomic E-state index is 0.00539. The van der Waals surface area contributed by atoms with Gasteiger partial charge in [-0.05, 0) is 49.2 Å². The number of para-hydroxylation sites is 1. The topological polar surface area (TPSA) is 37.2 Å². The van der Waals surface area contributed by atoms with Crippen LogP contribution in [-0.4, -0.2) is 51.8 Å². The summed E-state index contributed by atoms with van der Waals surface area (Å²) in [6, 6.07) is 16.5. The highest BCUT2D eigenvalue weighted by molar-refractivity contribution is 5.97. The predicted octanol–water partition coefficient (Wildman–Crippen LogP) is 1.38. The molecule has 0 spiro atoms. The zero-order chi connectivity index (χ0) is 18.8. The molecule has 1 fully saturated rings. The van der Waals surface area contributed by atoms with E-state index in [4.69, 9.17) is 4.74 Å². The number of methoxy groups -OCH3 is 1. The van der Waals surface area contributed by atoms with Crippen LogP contribution in [0, 0.1) is 0 Å². The van der Waals surface area contributed by atoms with Gasteiger partial charge in [-0.3, -0.25) is 4.79 Å². The summed E-state index contributed by atoms with van der Waals surface area (Å²) in [4.78, 5) is 18.9. The zero-order valence-corrected chi connectivity index (χ0v) is 16.1. The molecule has 2 aliphatic heterocycles. The van der Waals surface area contributed by atoms with E-state index in [0.717, 1.165) is 50.6 Å². The number of rotatable bonds is 4. The van der Waals surface area contributed by atoms with E-state index in [-0.39, 0.29) is 11.9 Å². The number of carbonyl (C=O) groups is 1. The lowest BCUT2D eigenvalue weighted by atomic mass is 10.1. The van der Waals surface area contributed by atoms with Crippen molar-refractivity contribution in [2.45, 2.75) is 19.4 Å². The number of nitrogens with zero attached hydrogens (tertiary/aromatic N) is 2. The fourth-order valence-corrected chi connectivity index (χ4v) is 4.25. The van der Waals surface area contributed by atoms with Gasteiger partial charge in [0.2, 0.25) is 0 Å². The molecule has 0 saturated carbocycles. The SMILES string of the molecule is COc1ccc(N2CC[NH+]([C@@H](C)C(=O)N3CCc4ccccc43)CC2)cc1. The molecule has 0 unspecified atom stereocenters. The molecule has 27 heavy (non-hydrogen) atoms. The van der Waals surface area contributed by atoms with E-state index >= 15 is 0 Å². The van der Waals surface area contributed by atoms with Gasteiger partial charge in [0.15, 0.2) is 6.04 Å². The van der Waals surface area contributed by atoms with E-state index in [1.807, 2.05) is 23.1 Å². The number of ether oxygens (including phenoxy) is 1. The van der Waals surface area contributed by atoms with Gasteiger partial charge >= 0.3 is 0 Å². The van der Waals surface area contributed by atoms with Gasteiger partial charge in [0.25, 0.3) is 5.91 Å². The van der Waals surface area contributed by atoms with Gasteiger partial charge in [-0.25, -0.2) is 0 Å². The summed E-state index contributed by atoms with van der Waals surface area (Å²) < 4.78 is 5.24. The van der Waals surface area contributed by atoms with Crippen molar-refractivity contribution < 1.29 is 14.4 Å². The van der Waals surface area contributed by atoms with E-state index in [1.54, 1.807) is 7.11 Å². The second kappa shape index (κ2) is 7.61. The maximum Gasteiger partial charge on any atom is 0.284 e. The molecular formula is C22H28N3O2+. The van der Waals surface area contributed by atoms with Crippen molar-refractivity contribution in [1.29, 1.82) is 0 Å². The van der Waals surface area contributed by atoms with E-state index in [1.165, 1.54) is 16.2 Å². The van der Waals surface area contributed by atoms with Crippen LogP contribution in [0.2, 0.25) is 0 Å². The quantitative estimate of drug-likeness (QED) is 0.888. The number of nitrogens with one attached hydrogen (secondary N) is 1. The van der Waals surface area contributed by atoms with Crippen LogP contribution in [0.3, 0.4) is 0 Å². The van der Waals surface area contributed by atoms with Crippen LogP contribution in [0.4, 0.5) is 11.4 Å². The van der Waals surface area contributed by atoms with Crippen LogP contribution in [0.25, 0.3) is 0 Å². The Morgan fingerprint density at radius 1 is 1.04 bits per heavy atom. The van der Waals surface area contributed by atoms with Crippen LogP contribution in [0.15, 0.2) is 48.5 Å². The maximum atomic E-state index is 13.1. The molecule has 0 bridgehead atoms. The number of benzene rings is 2. The highest BCUT2D eigenvalue weighted by Gasteiger charge is 2.35. The second-order valence-electron chi connectivity index (χ2n) is 7.43. The first kappa shape index (κ1) is 17.9. The van der Waals surface area contributed by atoms with E-state index in [2.05, 4.69) is 42.2 Å². The molecule has 5 nitrogen and oxygen atoms in total. The first-order chi connectivity index (χ1) is 13.2. The largest absolute Gasteiger partial charge is 0.497 e. The lowest BCUT2D eigenvalue weighted by Gasteiger charge is -2.37. The maximum absolute atomic E-state index is 13.1. The van der Waals surface area contributed by atoms with E-state index in [9.17, 15) is 4.79 Å². The average Bonchev–Trinajstić information content (AvgIpc) is 3.17. The third-order valence-electron chi connectivity index (χ3n) is 5.98. The average molecular weight is 366 g/mol. The van der Waals surface area contributed by atoms with Gasteiger partial charge in [-0.15, -0.1) is 0 Å². The highest BCUT2D eigenvalue weighted by Crippen LogP contribution is 2.27. The Morgan fingerprint density at radius 2 is 1.74 bits per heavy atom. The highest BCUT2D eigenvalue weighted by atomic mass is 16.5. The van der Waals surface area contributed by atoms with Gasteiger partial charge < -0.3 is 19.4 Å². The van der Waals surface area contributed by atoms with Crippen LogP contribution in [0.1, 0.15) is 12.5 Å². The predicted molar refractivity (Wildman–Crippen MR) is 108 cm³/mol.